The van der Waals surface area contributed by atoms with Crippen molar-refractivity contribution < 1.29 is 64.6 Å². The predicted octanol–water partition coefficient (Wildman–Crippen LogP) is -2.51. The number of anilines is 1. The fraction of sp³-hybridized carbons (Fsp3) is 0. The Kier molecular flexibility index (Phi) is 6.54. The summed E-state index contributed by atoms with van der Waals surface area (Å²) in [5, 5.41) is 2.38. The molecule has 0 bridgehead atoms. The number of hydrogen-bond donors (Lipinski definition) is 1. The summed E-state index contributed by atoms with van der Waals surface area (Å²) >= 11 is 4.24. The summed E-state index contributed by atoms with van der Waals surface area (Å²) in [6, 6.07) is 5.61. The van der Waals surface area contributed by atoms with Crippen molar-refractivity contribution in [3.63, 3.8) is 0 Å². The van der Waals surface area contributed by atoms with Crippen LogP contribution in [0.5, 0.6) is 0 Å². The van der Waals surface area contributed by atoms with E-state index in [1.54, 1.807) is 0 Å². The number of nitrogens with one attached hydrogen (secondary N) is 1. The molecule has 0 heterocycles. The molecule has 0 radical (unpaired) electrons. The smallest absolute Gasteiger partial charge is 0.644 e. The maximum absolute atomic E-state index is 10.8. The molecule has 0 aliphatic carbocycles. The van der Waals surface area contributed by atoms with E-state index >= 15 is 0 Å². The van der Waals surface area contributed by atoms with Gasteiger partial charge in [0.1, 0.15) is 0 Å². The molecule has 4 nitrogen and oxygen atoms in total. The molecule has 1 N–H and O–H groups in total. The van der Waals surface area contributed by atoms with Crippen molar-refractivity contribution >= 4 is 32.6 Å². The van der Waals surface area contributed by atoms with Gasteiger partial charge >= 0.3 is 51.4 Å². The zero-order valence-corrected chi connectivity index (χ0v) is 12.2. The number of carbonyl (C=O) groups excluding carboxylic acids is 1. The van der Waals surface area contributed by atoms with E-state index in [1.165, 1.54) is 24.3 Å². The van der Waals surface area contributed by atoms with Crippen molar-refractivity contribution in [2.75, 3.05) is 5.32 Å². The van der Waals surface area contributed by atoms with E-state index in [0.717, 1.165) is 0 Å². The Hall–Kier alpha value is 0.626. The molecule has 7 heteroatoms. The van der Waals surface area contributed by atoms with Gasteiger partial charge < -0.3 is 17.0 Å². The first kappa shape index (κ1) is 14.6. The van der Waals surface area contributed by atoms with Gasteiger partial charge in [-0.25, -0.2) is 8.42 Å². The number of rotatable bonds is 3. The third-order valence-corrected chi connectivity index (χ3v) is 2.80. The quantitative estimate of drug-likeness (QED) is 0.281. The molecule has 1 aromatic carbocycles. The second-order valence-corrected chi connectivity index (χ2v) is 4.94. The summed E-state index contributed by atoms with van der Waals surface area (Å²) in [5.41, 5.74) is 0.525. The van der Waals surface area contributed by atoms with Crippen LogP contribution in [0.2, 0.25) is 0 Å². The van der Waals surface area contributed by atoms with E-state index in [2.05, 4.69) is 17.0 Å². The molecule has 1 rings (SSSR count). The molecular formula is C7H6KNO3S2. The molecule has 1 amide bonds. The minimum absolute atomic E-state index is 0. The molecule has 0 saturated heterocycles. The van der Waals surface area contributed by atoms with Gasteiger partial charge in [-0.05, 0) is 24.3 Å². The summed E-state index contributed by atoms with van der Waals surface area (Å²) in [6.45, 7) is 0. The first-order chi connectivity index (χ1) is 6.04. The summed E-state index contributed by atoms with van der Waals surface area (Å²) in [6.07, 6.45) is 0.511. The van der Waals surface area contributed by atoms with Crippen LogP contribution in [-0.4, -0.2) is 14.8 Å². The molecular weight excluding hydrogens is 249 g/mol. The topological polar surface area (TPSA) is 63.2 Å². The van der Waals surface area contributed by atoms with Crippen LogP contribution in [0.4, 0.5) is 5.69 Å². The largest absolute Gasteiger partial charge is 1.00 e. The zero-order valence-electron chi connectivity index (χ0n) is 7.43. The average Bonchev–Trinajstić information content (AvgIpc) is 2.04. The third-order valence-electron chi connectivity index (χ3n) is 1.37. The minimum Gasteiger partial charge on any atom is -0.644 e. The van der Waals surface area contributed by atoms with Gasteiger partial charge in [0, 0.05) is 10.6 Å². The second kappa shape index (κ2) is 6.26. The van der Waals surface area contributed by atoms with Crippen molar-refractivity contribution in [1.82, 2.24) is 0 Å². The number of hydrogen-bond acceptors (Lipinski definition) is 4. The number of benzene rings is 1. The van der Waals surface area contributed by atoms with Crippen LogP contribution in [-0.2, 0) is 25.3 Å². The number of carbonyl (C=O) groups is 1. The Morgan fingerprint density at radius 3 is 2.07 bits per heavy atom. The van der Waals surface area contributed by atoms with Crippen LogP contribution in [0.25, 0.3) is 0 Å². The van der Waals surface area contributed by atoms with E-state index in [1.807, 2.05) is 0 Å². The van der Waals surface area contributed by atoms with Gasteiger partial charge in [0.15, 0.2) is 0 Å². The molecule has 0 aliphatic heterocycles. The maximum Gasteiger partial charge on any atom is 1.00 e. The van der Waals surface area contributed by atoms with Gasteiger partial charge in [-0.3, -0.25) is 4.79 Å². The van der Waals surface area contributed by atoms with E-state index in [0.29, 0.717) is 12.1 Å². The van der Waals surface area contributed by atoms with Gasteiger partial charge in [0.05, 0.1) is 8.87 Å². The van der Waals surface area contributed by atoms with Gasteiger partial charge in [0.2, 0.25) is 6.41 Å². The van der Waals surface area contributed by atoms with Crippen LogP contribution < -0.4 is 56.7 Å². The first-order valence-corrected chi connectivity index (χ1v) is 5.71. The standard InChI is InChI=1S/C7H7NO3S2.K/c9-5-8-6-1-3-7(4-2-6)13(10,11)12;/h1-5H,(H,8,9)(H,10,11,12);/q;+1/p-1. The van der Waals surface area contributed by atoms with E-state index in [4.69, 9.17) is 0 Å². The SMILES string of the molecule is O=CNc1ccc(S(=O)(=O)[S-])cc1.[K+]. The molecule has 0 unspecified atom stereocenters. The van der Waals surface area contributed by atoms with Gasteiger partial charge in [-0.15, -0.1) is 0 Å². The average molecular weight is 255 g/mol. The Labute approximate surface area is 130 Å². The van der Waals surface area contributed by atoms with Gasteiger partial charge in [0.25, 0.3) is 0 Å². The van der Waals surface area contributed by atoms with Crippen molar-refractivity contribution in [3.8, 4) is 0 Å². The van der Waals surface area contributed by atoms with Crippen LogP contribution in [0.15, 0.2) is 29.2 Å². The maximum atomic E-state index is 10.8. The Balaban J connectivity index is 0.00000169. The van der Waals surface area contributed by atoms with Crippen LogP contribution in [0, 0.1) is 0 Å². The molecule has 0 aromatic heterocycles. The number of amides is 1. The molecule has 0 aliphatic rings. The molecule has 0 fully saturated rings. The molecule has 70 valence electrons. The Bertz CT molecular complexity index is 401. The van der Waals surface area contributed by atoms with E-state index in [-0.39, 0.29) is 56.3 Å². The van der Waals surface area contributed by atoms with Crippen molar-refractivity contribution in [3.05, 3.63) is 24.3 Å². The summed E-state index contributed by atoms with van der Waals surface area (Å²) in [7, 11) is -3.57. The summed E-state index contributed by atoms with van der Waals surface area (Å²) in [5.74, 6) is 0. The fourth-order valence-electron chi connectivity index (χ4n) is 0.786. The molecule has 0 saturated carbocycles. The second-order valence-electron chi connectivity index (χ2n) is 2.24. The van der Waals surface area contributed by atoms with Crippen molar-refractivity contribution in [2.45, 2.75) is 4.90 Å². The summed E-state index contributed by atoms with van der Waals surface area (Å²) < 4.78 is 21.7. The monoisotopic (exact) mass is 255 g/mol. The van der Waals surface area contributed by atoms with E-state index < -0.39 is 8.87 Å². The normalized spacial score (nSPS) is 10.1. The zero-order chi connectivity index (χ0) is 9.90. The van der Waals surface area contributed by atoms with Gasteiger partial charge in [-0.1, -0.05) is 0 Å². The third kappa shape index (κ3) is 4.43. The summed E-state index contributed by atoms with van der Waals surface area (Å²) in [4.78, 5) is 10.1. The molecule has 0 atom stereocenters. The molecule has 1 aromatic rings. The van der Waals surface area contributed by atoms with Gasteiger partial charge in [-0.2, -0.15) is 0 Å². The van der Waals surface area contributed by atoms with Crippen molar-refractivity contribution in [1.29, 1.82) is 0 Å². The molecule has 14 heavy (non-hydrogen) atoms. The van der Waals surface area contributed by atoms with E-state index in [9.17, 15) is 13.2 Å². The fourth-order valence-corrected chi connectivity index (χ4v) is 1.59. The van der Waals surface area contributed by atoms with Crippen LogP contribution in [0.3, 0.4) is 0 Å². The van der Waals surface area contributed by atoms with Crippen molar-refractivity contribution in [2.24, 2.45) is 0 Å². The minimum atomic E-state index is -3.57. The van der Waals surface area contributed by atoms with Crippen LogP contribution in [0.1, 0.15) is 0 Å². The van der Waals surface area contributed by atoms with Crippen LogP contribution >= 0.6 is 0 Å². The Morgan fingerprint density at radius 2 is 1.71 bits per heavy atom. The predicted molar refractivity (Wildman–Crippen MR) is 50.7 cm³/mol. The molecule has 0 spiro atoms. The first-order valence-electron chi connectivity index (χ1n) is 3.30. The Morgan fingerprint density at radius 1 is 1.21 bits per heavy atom.